The van der Waals surface area contributed by atoms with Gasteiger partial charge in [0.1, 0.15) is 5.75 Å². The first kappa shape index (κ1) is 13.5. The van der Waals surface area contributed by atoms with Crippen LogP contribution >= 0.6 is 11.6 Å². The number of ether oxygens (including phenoxy) is 1. The van der Waals surface area contributed by atoms with Crippen LogP contribution in [0.5, 0.6) is 5.75 Å². The molecule has 1 aliphatic carbocycles. The topological polar surface area (TPSA) is 24.5 Å². The minimum atomic E-state index is 0.454. The summed E-state index contributed by atoms with van der Waals surface area (Å²) in [6, 6.07) is 5.95. The molecule has 1 aliphatic rings. The molecule has 0 bridgehead atoms. The van der Waals surface area contributed by atoms with Crippen LogP contribution in [0.25, 0.3) is 0 Å². The quantitative estimate of drug-likeness (QED) is 0.859. The molecule has 0 amide bonds. The van der Waals surface area contributed by atoms with Crippen LogP contribution in [0.2, 0.25) is 5.02 Å². The van der Waals surface area contributed by atoms with Crippen LogP contribution in [-0.2, 0) is 0 Å². The van der Waals surface area contributed by atoms with Gasteiger partial charge in [0, 0.05) is 31.2 Å². The highest BCUT2D eigenvalue weighted by Gasteiger charge is 2.42. The molecule has 1 N–H and O–H groups in total. The summed E-state index contributed by atoms with van der Waals surface area (Å²) in [6.07, 6.45) is 2.62. The van der Waals surface area contributed by atoms with E-state index in [0.717, 1.165) is 24.5 Å². The summed E-state index contributed by atoms with van der Waals surface area (Å²) in [5.74, 6) is 0.727. The van der Waals surface area contributed by atoms with Gasteiger partial charge in [-0.1, -0.05) is 11.6 Å². The van der Waals surface area contributed by atoms with E-state index in [4.69, 9.17) is 16.3 Å². The fraction of sp³-hybridized carbons (Fsp3) is 0.571. The van der Waals surface area contributed by atoms with Crippen molar-refractivity contribution in [2.75, 3.05) is 39.2 Å². The average molecular weight is 269 g/mol. The largest absolute Gasteiger partial charge is 0.495 e. The standard InChI is InChI=1S/C14H21ClN2O/c1-16-9-14(6-7-14)10-17(2)11-4-5-13(18-3)12(15)8-11/h4-5,8,16H,6-7,9-10H2,1-3H3. The Hall–Kier alpha value is -0.930. The molecule has 1 aromatic rings. The third kappa shape index (κ3) is 2.90. The first-order valence-corrected chi connectivity index (χ1v) is 6.67. The Kier molecular flexibility index (Phi) is 4.03. The lowest BCUT2D eigenvalue weighted by atomic mass is 10.1. The Morgan fingerprint density at radius 1 is 1.44 bits per heavy atom. The molecule has 0 aliphatic heterocycles. The van der Waals surface area contributed by atoms with Crippen LogP contribution in [0.3, 0.4) is 0 Å². The van der Waals surface area contributed by atoms with Crippen molar-refractivity contribution in [1.82, 2.24) is 5.32 Å². The van der Waals surface area contributed by atoms with Gasteiger partial charge < -0.3 is 15.0 Å². The van der Waals surface area contributed by atoms with Crippen molar-refractivity contribution in [3.05, 3.63) is 23.2 Å². The van der Waals surface area contributed by atoms with E-state index in [9.17, 15) is 0 Å². The monoisotopic (exact) mass is 268 g/mol. The maximum absolute atomic E-state index is 6.16. The second kappa shape index (κ2) is 5.37. The molecular weight excluding hydrogens is 248 g/mol. The smallest absolute Gasteiger partial charge is 0.137 e. The third-order valence-electron chi connectivity index (χ3n) is 3.66. The maximum Gasteiger partial charge on any atom is 0.137 e. The highest BCUT2D eigenvalue weighted by molar-refractivity contribution is 6.32. The number of hydrogen-bond acceptors (Lipinski definition) is 3. The molecule has 4 heteroatoms. The Morgan fingerprint density at radius 3 is 2.67 bits per heavy atom. The van der Waals surface area contributed by atoms with Gasteiger partial charge >= 0.3 is 0 Å². The van der Waals surface area contributed by atoms with E-state index >= 15 is 0 Å². The Balaban J connectivity index is 2.05. The fourth-order valence-corrected chi connectivity index (χ4v) is 2.68. The van der Waals surface area contributed by atoms with Crippen molar-refractivity contribution < 1.29 is 4.74 Å². The van der Waals surface area contributed by atoms with Crippen LogP contribution in [0.15, 0.2) is 18.2 Å². The lowest BCUT2D eigenvalue weighted by molar-refractivity contribution is 0.415. The molecule has 1 aromatic carbocycles. The molecule has 0 atom stereocenters. The summed E-state index contributed by atoms with van der Waals surface area (Å²) < 4.78 is 5.17. The summed E-state index contributed by atoms with van der Waals surface area (Å²) in [6.45, 7) is 2.15. The number of anilines is 1. The molecule has 0 spiro atoms. The molecule has 0 radical (unpaired) electrons. The van der Waals surface area contributed by atoms with Crippen LogP contribution in [0.1, 0.15) is 12.8 Å². The Bertz CT molecular complexity index is 418. The van der Waals surface area contributed by atoms with E-state index in [1.807, 2.05) is 19.2 Å². The summed E-state index contributed by atoms with van der Waals surface area (Å²) in [5, 5.41) is 3.95. The van der Waals surface area contributed by atoms with Crippen molar-refractivity contribution in [3.63, 3.8) is 0 Å². The summed E-state index contributed by atoms with van der Waals surface area (Å²) >= 11 is 6.16. The average Bonchev–Trinajstić information content (AvgIpc) is 3.09. The molecule has 0 aromatic heterocycles. The lowest BCUT2D eigenvalue weighted by Crippen LogP contribution is -2.32. The molecule has 2 rings (SSSR count). The second-order valence-corrected chi connectivity index (χ2v) is 5.61. The number of nitrogens with one attached hydrogen (secondary N) is 1. The third-order valence-corrected chi connectivity index (χ3v) is 3.95. The van der Waals surface area contributed by atoms with Crippen molar-refractivity contribution in [1.29, 1.82) is 0 Å². The van der Waals surface area contributed by atoms with Crippen LogP contribution in [0, 0.1) is 5.41 Å². The summed E-state index contributed by atoms with van der Waals surface area (Å²) in [7, 11) is 5.77. The number of halogens is 1. The normalized spacial score (nSPS) is 16.4. The minimum Gasteiger partial charge on any atom is -0.495 e. The van der Waals surface area contributed by atoms with Gasteiger partial charge in [-0.2, -0.15) is 0 Å². The number of methoxy groups -OCH3 is 1. The molecule has 0 unspecified atom stereocenters. The van der Waals surface area contributed by atoms with Crippen LogP contribution in [-0.4, -0.2) is 34.3 Å². The maximum atomic E-state index is 6.16. The minimum absolute atomic E-state index is 0.454. The molecular formula is C14H21ClN2O. The molecule has 0 saturated heterocycles. The van der Waals surface area contributed by atoms with Gasteiger partial charge in [-0.3, -0.25) is 0 Å². The van der Waals surface area contributed by atoms with E-state index in [1.54, 1.807) is 7.11 Å². The van der Waals surface area contributed by atoms with Gasteiger partial charge in [0.05, 0.1) is 12.1 Å². The van der Waals surface area contributed by atoms with Gasteiger partial charge in [0.25, 0.3) is 0 Å². The van der Waals surface area contributed by atoms with Gasteiger partial charge in [-0.25, -0.2) is 0 Å². The second-order valence-electron chi connectivity index (χ2n) is 5.21. The van der Waals surface area contributed by atoms with E-state index in [2.05, 4.69) is 23.3 Å². The van der Waals surface area contributed by atoms with E-state index < -0.39 is 0 Å². The highest BCUT2D eigenvalue weighted by Crippen LogP contribution is 2.46. The fourth-order valence-electron chi connectivity index (χ4n) is 2.43. The molecule has 18 heavy (non-hydrogen) atoms. The number of hydrogen-bond donors (Lipinski definition) is 1. The van der Waals surface area contributed by atoms with Crippen molar-refractivity contribution in [3.8, 4) is 5.75 Å². The first-order valence-electron chi connectivity index (χ1n) is 6.29. The van der Waals surface area contributed by atoms with Crippen LogP contribution < -0.4 is 15.0 Å². The predicted molar refractivity (Wildman–Crippen MR) is 76.9 cm³/mol. The van der Waals surface area contributed by atoms with Gasteiger partial charge in [-0.15, -0.1) is 0 Å². The van der Waals surface area contributed by atoms with Crippen molar-refractivity contribution >= 4 is 17.3 Å². The molecule has 0 heterocycles. The van der Waals surface area contributed by atoms with Crippen LogP contribution in [0.4, 0.5) is 5.69 Å². The SMILES string of the molecule is CNCC1(CN(C)c2ccc(OC)c(Cl)c2)CC1. The Morgan fingerprint density at radius 2 is 2.17 bits per heavy atom. The molecule has 3 nitrogen and oxygen atoms in total. The predicted octanol–water partition coefficient (Wildman–Crippen LogP) is 2.78. The molecule has 1 fully saturated rings. The van der Waals surface area contributed by atoms with E-state index in [-0.39, 0.29) is 0 Å². The zero-order chi connectivity index (χ0) is 13.2. The molecule has 100 valence electrons. The van der Waals surface area contributed by atoms with E-state index in [0.29, 0.717) is 10.4 Å². The zero-order valence-corrected chi connectivity index (χ0v) is 12.0. The number of benzene rings is 1. The van der Waals surface area contributed by atoms with E-state index in [1.165, 1.54) is 12.8 Å². The Labute approximate surface area is 114 Å². The highest BCUT2D eigenvalue weighted by atomic mass is 35.5. The number of nitrogens with zero attached hydrogens (tertiary/aromatic N) is 1. The summed E-state index contributed by atoms with van der Waals surface area (Å²) in [5.41, 5.74) is 1.60. The van der Waals surface area contributed by atoms with Crippen molar-refractivity contribution in [2.45, 2.75) is 12.8 Å². The lowest BCUT2D eigenvalue weighted by Gasteiger charge is -2.26. The van der Waals surface area contributed by atoms with Gasteiger partial charge in [0.2, 0.25) is 0 Å². The number of rotatable bonds is 6. The van der Waals surface area contributed by atoms with Crippen molar-refractivity contribution in [2.24, 2.45) is 5.41 Å². The first-order chi connectivity index (χ1) is 8.60. The van der Waals surface area contributed by atoms with Gasteiger partial charge in [0.15, 0.2) is 0 Å². The zero-order valence-electron chi connectivity index (χ0n) is 11.3. The molecule has 1 saturated carbocycles. The summed E-state index contributed by atoms with van der Waals surface area (Å²) in [4.78, 5) is 2.27. The van der Waals surface area contributed by atoms with Gasteiger partial charge in [-0.05, 0) is 38.1 Å².